The summed E-state index contributed by atoms with van der Waals surface area (Å²) in [7, 11) is -0.139. The first-order valence-corrected chi connectivity index (χ1v) is 12.7. The summed E-state index contributed by atoms with van der Waals surface area (Å²) < 4.78 is 8.51. The summed E-state index contributed by atoms with van der Waals surface area (Å²) >= 11 is 3.76. The molecule has 8 heteroatoms. The van der Waals surface area contributed by atoms with E-state index in [0.29, 0.717) is 5.92 Å². The SMILES string of the molecule is CCC(CC)c1cc(C)nc2c(-c3c(Br)nc(N4CCOCC4)[s+]3C)c(C)nn12. The molecule has 0 saturated carbocycles. The number of aromatic nitrogens is 4. The number of fused-ring (bicyclic) bond motifs is 1. The number of morpholine rings is 1. The van der Waals surface area contributed by atoms with E-state index >= 15 is 0 Å². The van der Waals surface area contributed by atoms with Crippen LogP contribution >= 0.6 is 26.4 Å². The number of nitrogens with zero attached hydrogens (tertiary/aromatic N) is 5. The summed E-state index contributed by atoms with van der Waals surface area (Å²) in [4.78, 5) is 13.4. The normalized spacial score (nSPS) is 15.7. The number of hydrogen-bond donors (Lipinski definition) is 0. The molecule has 1 unspecified atom stereocenters. The van der Waals surface area contributed by atoms with E-state index in [1.165, 1.54) is 10.6 Å². The van der Waals surface area contributed by atoms with Gasteiger partial charge in [-0.05, 0) is 48.7 Å². The predicted molar refractivity (Wildman–Crippen MR) is 123 cm³/mol. The number of ether oxygens (including phenoxy) is 1. The van der Waals surface area contributed by atoms with Gasteiger partial charge in [-0.1, -0.05) is 13.8 Å². The van der Waals surface area contributed by atoms with Gasteiger partial charge in [0.15, 0.2) is 10.3 Å². The van der Waals surface area contributed by atoms with Gasteiger partial charge in [-0.2, -0.15) is 10.1 Å². The van der Waals surface area contributed by atoms with Crippen LogP contribution in [-0.2, 0) is 11.0 Å². The van der Waals surface area contributed by atoms with Crippen LogP contribution in [-0.4, -0.2) is 45.9 Å². The zero-order chi connectivity index (χ0) is 20.7. The van der Waals surface area contributed by atoms with Crippen molar-refractivity contribution in [3.63, 3.8) is 0 Å². The average molecular weight is 479 g/mol. The molecular weight excluding hydrogens is 450 g/mol. The molecule has 3 aromatic heterocycles. The van der Waals surface area contributed by atoms with Gasteiger partial charge in [-0.15, -0.1) is 0 Å². The Labute approximate surface area is 183 Å². The average Bonchev–Trinajstić information content (AvgIpc) is 3.18. The quantitative estimate of drug-likeness (QED) is 0.471. The van der Waals surface area contributed by atoms with Gasteiger partial charge in [0.05, 0.1) is 18.9 Å². The Hall–Kier alpha value is -1.51. The van der Waals surface area contributed by atoms with Crippen LogP contribution in [0.25, 0.3) is 16.1 Å². The van der Waals surface area contributed by atoms with Gasteiger partial charge in [-0.3, -0.25) is 0 Å². The van der Waals surface area contributed by atoms with E-state index < -0.39 is 0 Å². The summed E-state index contributed by atoms with van der Waals surface area (Å²) in [6, 6.07) is 2.19. The topological polar surface area (TPSA) is 55.5 Å². The first-order chi connectivity index (χ1) is 14.0. The number of hydrogen-bond acceptors (Lipinski definition) is 5. The Bertz CT molecular complexity index is 1030. The van der Waals surface area contributed by atoms with Gasteiger partial charge >= 0.3 is 5.13 Å². The maximum atomic E-state index is 5.52. The van der Waals surface area contributed by atoms with Crippen molar-refractivity contribution >= 4 is 37.2 Å². The lowest BCUT2D eigenvalue weighted by Crippen LogP contribution is -2.36. The lowest BCUT2D eigenvalue weighted by Gasteiger charge is -2.23. The fourth-order valence-electron chi connectivity index (χ4n) is 4.23. The van der Waals surface area contributed by atoms with Gasteiger partial charge in [-0.25, -0.2) is 9.50 Å². The summed E-state index contributed by atoms with van der Waals surface area (Å²) in [5.41, 5.74) is 5.40. The fourth-order valence-corrected chi connectivity index (χ4v) is 7.27. The Morgan fingerprint density at radius 3 is 2.52 bits per heavy atom. The lowest BCUT2D eigenvalue weighted by atomic mass is 9.98. The third-order valence-corrected chi connectivity index (χ3v) is 8.54. The molecule has 156 valence electrons. The maximum Gasteiger partial charge on any atom is 0.344 e. The first kappa shape index (κ1) is 20.8. The second-order valence-electron chi connectivity index (χ2n) is 7.66. The van der Waals surface area contributed by atoms with Crippen LogP contribution in [0.4, 0.5) is 5.13 Å². The minimum atomic E-state index is -0.139. The molecule has 0 aromatic carbocycles. The summed E-state index contributed by atoms with van der Waals surface area (Å²) in [5.74, 6) is 0.479. The molecule has 0 spiro atoms. The van der Waals surface area contributed by atoms with Crippen LogP contribution in [0.5, 0.6) is 0 Å². The molecule has 0 bridgehead atoms. The summed E-state index contributed by atoms with van der Waals surface area (Å²) in [6.45, 7) is 12.0. The molecule has 4 rings (SSSR count). The molecule has 4 heterocycles. The maximum absolute atomic E-state index is 5.52. The largest absolute Gasteiger partial charge is 0.378 e. The van der Waals surface area contributed by atoms with Gasteiger partial charge in [0.25, 0.3) is 0 Å². The molecule has 0 N–H and O–H groups in total. The van der Waals surface area contributed by atoms with Crippen LogP contribution < -0.4 is 4.90 Å². The lowest BCUT2D eigenvalue weighted by molar-refractivity contribution is 0.122. The molecule has 1 fully saturated rings. The highest BCUT2D eigenvalue weighted by Gasteiger charge is 2.34. The number of rotatable bonds is 5. The third-order valence-electron chi connectivity index (χ3n) is 5.79. The van der Waals surface area contributed by atoms with Gasteiger partial charge in [0, 0.05) is 40.9 Å². The van der Waals surface area contributed by atoms with E-state index in [1.54, 1.807) is 0 Å². The van der Waals surface area contributed by atoms with Crippen molar-refractivity contribution in [2.45, 2.75) is 46.5 Å². The molecule has 1 atom stereocenters. The van der Waals surface area contributed by atoms with E-state index in [4.69, 9.17) is 19.8 Å². The fraction of sp³-hybridized carbons (Fsp3) is 0.571. The highest BCUT2D eigenvalue weighted by Crippen LogP contribution is 2.47. The van der Waals surface area contributed by atoms with Crippen LogP contribution in [0, 0.1) is 13.8 Å². The highest BCUT2D eigenvalue weighted by atomic mass is 79.9. The van der Waals surface area contributed by atoms with Crippen molar-refractivity contribution in [1.82, 2.24) is 19.6 Å². The van der Waals surface area contributed by atoms with E-state index in [1.807, 2.05) is 0 Å². The molecule has 29 heavy (non-hydrogen) atoms. The van der Waals surface area contributed by atoms with E-state index in [0.717, 1.165) is 71.5 Å². The van der Waals surface area contributed by atoms with Crippen molar-refractivity contribution in [2.24, 2.45) is 6.26 Å². The molecule has 1 aliphatic heterocycles. The van der Waals surface area contributed by atoms with Crippen LogP contribution in [0.3, 0.4) is 0 Å². The smallest absolute Gasteiger partial charge is 0.344 e. The highest BCUT2D eigenvalue weighted by molar-refractivity contribution is 9.10. The molecule has 6 nitrogen and oxygen atoms in total. The van der Waals surface area contributed by atoms with Gasteiger partial charge in [0.1, 0.15) is 11.8 Å². The molecule has 1 saturated heterocycles. The molecular formula is C21H29BrN5OS+. The minimum Gasteiger partial charge on any atom is -0.378 e. The van der Waals surface area contributed by atoms with Crippen LogP contribution in [0.1, 0.15) is 49.7 Å². The zero-order valence-electron chi connectivity index (χ0n) is 17.8. The molecule has 0 amide bonds. The Balaban J connectivity index is 1.91. The molecule has 0 radical (unpaired) electrons. The standard InChI is InChI=1S/C21H29BrN5OS/c1-6-15(7-2)16-12-13(3)23-20-17(14(4)25-27(16)20)18-19(22)24-21(29(18)5)26-8-10-28-11-9-26/h12,15H,6-11H2,1-5H3/q+1. The second kappa shape index (κ2) is 8.32. The number of anilines is 1. The number of halogens is 1. The van der Waals surface area contributed by atoms with Crippen molar-refractivity contribution in [1.29, 1.82) is 0 Å². The Morgan fingerprint density at radius 1 is 1.17 bits per heavy atom. The third kappa shape index (κ3) is 3.59. The monoisotopic (exact) mass is 478 g/mol. The molecule has 3 aromatic rings. The van der Waals surface area contributed by atoms with Crippen LogP contribution in [0.15, 0.2) is 10.7 Å². The number of aryl methyl sites for hydroxylation is 2. The van der Waals surface area contributed by atoms with Crippen molar-refractivity contribution in [3.05, 3.63) is 27.8 Å². The predicted octanol–water partition coefficient (Wildman–Crippen LogP) is 5.20. The van der Waals surface area contributed by atoms with E-state index in [-0.39, 0.29) is 10.5 Å². The summed E-state index contributed by atoms with van der Waals surface area (Å²) in [5, 5.41) is 6.08. The molecule has 0 aliphatic carbocycles. The number of thiazole rings is 1. The zero-order valence-corrected chi connectivity index (χ0v) is 20.2. The molecule has 1 aliphatic rings. The second-order valence-corrected chi connectivity index (χ2v) is 10.2. The Morgan fingerprint density at radius 2 is 1.86 bits per heavy atom. The van der Waals surface area contributed by atoms with Crippen molar-refractivity contribution in [3.8, 4) is 10.4 Å². The minimum absolute atomic E-state index is 0.139. The van der Waals surface area contributed by atoms with Crippen molar-refractivity contribution < 1.29 is 4.74 Å². The first-order valence-electron chi connectivity index (χ1n) is 10.3. The van der Waals surface area contributed by atoms with Gasteiger partial charge < -0.3 is 9.64 Å². The van der Waals surface area contributed by atoms with Gasteiger partial charge in [0.2, 0.25) is 4.88 Å². The Kier molecular flexibility index (Phi) is 5.95. The van der Waals surface area contributed by atoms with Crippen LogP contribution in [0.2, 0.25) is 0 Å². The summed E-state index contributed by atoms with van der Waals surface area (Å²) in [6.07, 6.45) is 4.45. The van der Waals surface area contributed by atoms with E-state index in [9.17, 15) is 0 Å². The van der Waals surface area contributed by atoms with Crippen molar-refractivity contribution in [2.75, 3.05) is 31.2 Å². The van der Waals surface area contributed by atoms with E-state index in [2.05, 4.69) is 65.4 Å².